The number of aromatic nitrogens is 5. The predicted molar refractivity (Wildman–Crippen MR) is 242 cm³/mol. The Morgan fingerprint density at radius 3 is 1.97 bits per heavy atom. The summed E-state index contributed by atoms with van der Waals surface area (Å²) >= 11 is 1.77. The van der Waals surface area contributed by atoms with Crippen LogP contribution in [-0.4, -0.2) is 24.5 Å². The van der Waals surface area contributed by atoms with Crippen LogP contribution in [0.5, 0.6) is 0 Å². The summed E-state index contributed by atoms with van der Waals surface area (Å²) in [5.41, 5.74) is 10.9. The summed E-state index contributed by atoms with van der Waals surface area (Å²) in [7, 11) is 0. The molecule has 12 aromatic rings. The Morgan fingerprint density at radius 2 is 1.07 bits per heavy atom. The van der Waals surface area contributed by atoms with Crippen molar-refractivity contribution in [2.45, 2.75) is 0 Å². The Hall–Kier alpha value is -7.74. The molecule has 0 bridgehead atoms. The van der Waals surface area contributed by atoms with Crippen molar-refractivity contribution in [1.29, 1.82) is 0 Å². The highest BCUT2D eigenvalue weighted by Crippen LogP contribution is 2.42. The Balaban J connectivity index is 0.977. The summed E-state index contributed by atoms with van der Waals surface area (Å²) in [6, 6.07) is 65.1. The molecule has 0 saturated carbocycles. The molecular weight excluding hydrogens is 743 g/mol. The van der Waals surface area contributed by atoms with Crippen LogP contribution in [0, 0.1) is 0 Å². The molecule has 0 aliphatic carbocycles. The van der Waals surface area contributed by atoms with E-state index in [1.165, 1.54) is 15.5 Å². The summed E-state index contributed by atoms with van der Waals surface area (Å²) in [6.45, 7) is 0. The van der Waals surface area contributed by atoms with Crippen LogP contribution in [0.25, 0.3) is 116 Å². The molecule has 0 unspecified atom stereocenters. The highest BCUT2D eigenvalue weighted by Gasteiger charge is 2.19. The van der Waals surface area contributed by atoms with Crippen molar-refractivity contribution in [2.75, 3.05) is 0 Å². The van der Waals surface area contributed by atoms with Gasteiger partial charge in [0.2, 0.25) is 0 Å². The lowest BCUT2D eigenvalue weighted by Crippen LogP contribution is -2.00. The molecule has 0 N–H and O–H groups in total. The normalized spacial score (nSPS) is 11.7. The molecular formula is C52H31N5OS. The largest absolute Gasteiger partial charge is 0.456 e. The Kier molecular flexibility index (Phi) is 7.61. The summed E-state index contributed by atoms with van der Waals surface area (Å²) in [6.07, 6.45) is 0. The minimum Gasteiger partial charge on any atom is -0.456 e. The zero-order valence-electron chi connectivity index (χ0n) is 31.5. The molecule has 4 heterocycles. The summed E-state index contributed by atoms with van der Waals surface area (Å²) in [4.78, 5) is 20.4. The van der Waals surface area contributed by atoms with Crippen molar-refractivity contribution in [3.05, 3.63) is 188 Å². The average Bonchev–Trinajstić information content (AvgIpc) is 4.00. The van der Waals surface area contributed by atoms with Crippen molar-refractivity contribution in [1.82, 2.24) is 24.5 Å². The van der Waals surface area contributed by atoms with Gasteiger partial charge in [0.05, 0.1) is 11.0 Å². The second kappa shape index (κ2) is 13.4. The van der Waals surface area contributed by atoms with Gasteiger partial charge in [-0.05, 0) is 77.9 Å². The zero-order valence-corrected chi connectivity index (χ0v) is 32.3. The third-order valence-corrected chi connectivity index (χ3v) is 12.3. The third-order valence-electron chi connectivity index (χ3n) is 11.1. The maximum absolute atomic E-state index is 6.27. The number of imidazole rings is 1. The van der Waals surface area contributed by atoms with E-state index < -0.39 is 0 Å². The van der Waals surface area contributed by atoms with Crippen molar-refractivity contribution in [3.8, 4) is 62.4 Å². The second-order valence-corrected chi connectivity index (χ2v) is 15.7. The van der Waals surface area contributed by atoms with Crippen LogP contribution in [0.3, 0.4) is 0 Å². The molecule has 0 atom stereocenters. The smallest absolute Gasteiger partial charge is 0.165 e. The molecule has 12 rings (SSSR count). The van der Waals surface area contributed by atoms with E-state index in [0.717, 1.165) is 82.6 Å². The van der Waals surface area contributed by atoms with E-state index in [4.69, 9.17) is 24.4 Å². The van der Waals surface area contributed by atoms with Crippen molar-refractivity contribution >= 4 is 64.5 Å². The van der Waals surface area contributed by atoms with E-state index in [-0.39, 0.29) is 0 Å². The van der Waals surface area contributed by atoms with Crippen LogP contribution in [0.15, 0.2) is 192 Å². The zero-order chi connectivity index (χ0) is 38.9. The van der Waals surface area contributed by atoms with Gasteiger partial charge in [-0.25, -0.2) is 19.9 Å². The fraction of sp³-hybridized carbons (Fsp3) is 0. The first-order chi connectivity index (χ1) is 29.2. The highest BCUT2D eigenvalue weighted by molar-refractivity contribution is 7.26. The predicted octanol–water partition coefficient (Wildman–Crippen LogP) is 13.8. The number of thiophene rings is 1. The number of hydrogen-bond acceptors (Lipinski definition) is 6. The van der Waals surface area contributed by atoms with Gasteiger partial charge in [-0.15, -0.1) is 11.3 Å². The Labute approximate surface area is 342 Å². The van der Waals surface area contributed by atoms with E-state index in [2.05, 4.69) is 126 Å². The van der Waals surface area contributed by atoms with E-state index in [1.54, 1.807) is 11.3 Å². The number of nitrogens with zero attached hydrogens (tertiary/aromatic N) is 5. The molecule has 8 aromatic carbocycles. The summed E-state index contributed by atoms with van der Waals surface area (Å²) in [5.74, 6) is 2.76. The molecule has 4 aromatic heterocycles. The molecule has 0 aliphatic heterocycles. The molecule has 0 fully saturated rings. The first kappa shape index (κ1) is 33.4. The van der Waals surface area contributed by atoms with Crippen molar-refractivity contribution < 1.29 is 4.42 Å². The number of furan rings is 1. The van der Waals surface area contributed by atoms with Crippen LogP contribution in [0.2, 0.25) is 0 Å². The van der Waals surface area contributed by atoms with Crippen LogP contribution in [-0.2, 0) is 0 Å². The molecule has 276 valence electrons. The quantitative estimate of drug-likeness (QED) is 0.168. The average molecular weight is 774 g/mol. The van der Waals surface area contributed by atoms with E-state index in [9.17, 15) is 0 Å². The summed E-state index contributed by atoms with van der Waals surface area (Å²) < 4.78 is 10.9. The number of hydrogen-bond donors (Lipinski definition) is 0. The number of para-hydroxylation sites is 4. The standard InChI is InChI=1S/C52H31N5OS/c1-3-13-32(14-4-1)49-54-50(35-25-27-39-38-19-7-10-24-45(38)58-46(39)31-35)56-51(55-49)41-21-12-20-40-42-30-34(26-28-47(42)59-48(40)41)33-15-11-16-36(29-33)52-53-43-22-8-9-23-44(43)57(52)37-17-5-2-6-18-37/h1-31H. The first-order valence-corrected chi connectivity index (χ1v) is 20.4. The van der Waals surface area contributed by atoms with Gasteiger partial charge < -0.3 is 4.42 Å². The number of benzene rings is 8. The van der Waals surface area contributed by atoms with Gasteiger partial charge in [-0.2, -0.15) is 0 Å². The highest BCUT2D eigenvalue weighted by atomic mass is 32.1. The van der Waals surface area contributed by atoms with Gasteiger partial charge in [0.25, 0.3) is 0 Å². The van der Waals surface area contributed by atoms with Gasteiger partial charge >= 0.3 is 0 Å². The van der Waals surface area contributed by atoms with Gasteiger partial charge in [0, 0.05) is 58.9 Å². The third kappa shape index (κ3) is 5.62. The molecule has 7 heteroatoms. The lowest BCUT2D eigenvalue weighted by atomic mass is 10.00. The second-order valence-electron chi connectivity index (χ2n) is 14.7. The van der Waals surface area contributed by atoms with Crippen LogP contribution < -0.4 is 0 Å². The SMILES string of the molecule is c1ccc(-c2nc(-c3ccc4c(c3)oc3ccccc34)nc(-c3cccc4c3sc3ccc(-c5cccc(-c6nc7ccccc7n6-c6ccccc6)c5)cc34)n2)cc1. The molecule has 0 spiro atoms. The molecule has 0 amide bonds. The maximum atomic E-state index is 6.27. The maximum Gasteiger partial charge on any atom is 0.165 e. The fourth-order valence-electron chi connectivity index (χ4n) is 8.26. The fourth-order valence-corrected chi connectivity index (χ4v) is 9.45. The Morgan fingerprint density at radius 1 is 0.407 bits per heavy atom. The lowest BCUT2D eigenvalue weighted by molar-refractivity contribution is 0.669. The van der Waals surface area contributed by atoms with Crippen molar-refractivity contribution in [3.63, 3.8) is 0 Å². The van der Waals surface area contributed by atoms with Crippen LogP contribution in [0.4, 0.5) is 0 Å². The molecule has 0 aliphatic rings. The molecule has 0 radical (unpaired) electrons. The molecule has 0 saturated heterocycles. The van der Waals surface area contributed by atoms with E-state index >= 15 is 0 Å². The summed E-state index contributed by atoms with van der Waals surface area (Å²) in [5, 5.41) is 4.51. The monoisotopic (exact) mass is 773 g/mol. The van der Waals surface area contributed by atoms with Gasteiger partial charge in [-0.3, -0.25) is 4.57 Å². The molecule has 6 nitrogen and oxygen atoms in total. The Bertz CT molecular complexity index is 3570. The van der Waals surface area contributed by atoms with Crippen LogP contribution >= 0.6 is 11.3 Å². The van der Waals surface area contributed by atoms with Gasteiger partial charge in [0.1, 0.15) is 17.0 Å². The number of fused-ring (bicyclic) bond motifs is 7. The lowest BCUT2D eigenvalue weighted by Gasteiger charge is -2.11. The van der Waals surface area contributed by atoms with Gasteiger partial charge in [-0.1, -0.05) is 121 Å². The van der Waals surface area contributed by atoms with E-state index in [1.807, 2.05) is 66.7 Å². The number of rotatable bonds is 6. The van der Waals surface area contributed by atoms with E-state index in [0.29, 0.717) is 17.5 Å². The van der Waals surface area contributed by atoms with Crippen molar-refractivity contribution in [2.24, 2.45) is 0 Å². The minimum atomic E-state index is 0.595. The first-order valence-electron chi connectivity index (χ1n) is 19.5. The van der Waals surface area contributed by atoms with Gasteiger partial charge in [0.15, 0.2) is 17.5 Å². The van der Waals surface area contributed by atoms with Crippen LogP contribution in [0.1, 0.15) is 0 Å². The minimum absolute atomic E-state index is 0.595. The molecule has 59 heavy (non-hydrogen) atoms. The topological polar surface area (TPSA) is 69.6 Å².